The first-order valence-corrected chi connectivity index (χ1v) is 7.61. The minimum Gasteiger partial charge on any atom is -0.297 e. The van der Waals surface area contributed by atoms with E-state index in [9.17, 15) is 0 Å². The molecule has 0 bridgehead atoms. The molecule has 1 aliphatic rings. The minimum absolute atomic E-state index is 0.121. The van der Waals surface area contributed by atoms with E-state index in [-0.39, 0.29) is 5.38 Å². The quantitative estimate of drug-likeness (QED) is 0.764. The Morgan fingerprint density at radius 1 is 1.17 bits per heavy atom. The fourth-order valence-electron chi connectivity index (χ4n) is 2.50. The molecule has 0 aliphatic carbocycles. The summed E-state index contributed by atoms with van der Waals surface area (Å²) in [5.41, 5.74) is 2.95. The van der Waals surface area contributed by atoms with Gasteiger partial charge in [-0.3, -0.25) is 4.90 Å². The van der Waals surface area contributed by atoms with Gasteiger partial charge in [-0.15, -0.1) is 22.9 Å². The van der Waals surface area contributed by atoms with Crippen molar-refractivity contribution in [3.05, 3.63) is 57.8 Å². The van der Waals surface area contributed by atoms with Crippen LogP contribution in [0.4, 0.5) is 0 Å². The zero-order valence-electron chi connectivity index (χ0n) is 10.2. The molecular formula is C15H16ClNS. The van der Waals surface area contributed by atoms with Crippen LogP contribution in [0.1, 0.15) is 21.4 Å². The van der Waals surface area contributed by atoms with Crippen LogP contribution in [0.15, 0.2) is 41.8 Å². The lowest BCUT2D eigenvalue weighted by molar-refractivity contribution is 0.255. The Morgan fingerprint density at radius 3 is 2.78 bits per heavy atom. The van der Waals surface area contributed by atoms with Crippen molar-refractivity contribution in [2.75, 3.05) is 13.1 Å². The maximum absolute atomic E-state index is 6.48. The molecule has 1 aliphatic heterocycles. The summed E-state index contributed by atoms with van der Waals surface area (Å²) in [6.07, 6.45) is 1.14. The molecule has 1 atom stereocenters. The van der Waals surface area contributed by atoms with E-state index < -0.39 is 0 Å². The van der Waals surface area contributed by atoms with E-state index in [2.05, 4.69) is 46.7 Å². The van der Waals surface area contributed by atoms with Gasteiger partial charge in [-0.2, -0.15) is 0 Å². The van der Waals surface area contributed by atoms with Crippen molar-refractivity contribution < 1.29 is 0 Å². The van der Waals surface area contributed by atoms with Crippen LogP contribution in [0.25, 0.3) is 0 Å². The standard InChI is InChI=1S/C15H16ClNS/c16-14(15-6-3-9-18-15)11-17-8-7-12-4-1-2-5-13(12)10-17/h1-6,9,14H,7-8,10-11H2. The molecule has 1 aromatic carbocycles. The number of fused-ring (bicyclic) bond motifs is 1. The Bertz CT molecular complexity index is 509. The molecule has 3 heteroatoms. The number of thiophene rings is 1. The highest BCUT2D eigenvalue weighted by Crippen LogP contribution is 2.28. The zero-order chi connectivity index (χ0) is 12.4. The average molecular weight is 278 g/mol. The molecule has 18 heavy (non-hydrogen) atoms. The third-order valence-electron chi connectivity index (χ3n) is 3.48. The predicted octanol–water partition coefficient (Wildman–Crippen LogP) is 4.09. The summed E-state index contributed by atoms with van der Waals surface area (Å²) < 4.78 is 0. The van der Waals surface area contributed by atoms with E-state index in [1.807, 2.05) is 0 Å². The fourth-order valence-corrected chi connectivity index (χ4v) is 3.61. The smallest absolute Gasteiger partial charge is 0.0805 e. The number of alkyl halides is 1. The van der Waals surface area contributed by atoms with E-state index in [0.29, 0.717) is 0 Å². The van der Waals surface area contributed by atoms with Crippen LogP contribution in [0.2, 0.25) is 0 Å². The second kappa shape index (κ2) is 5.43. The molecule has 0 N–H and O–H groups in total. The molecule has 0 amide bonds. The Kier molecular flexibility index (Phi) is 3.69. The Balaban J connectivity index is 1.66. The fraction of sp³-hybridized carbons (Fsp3) is 0.333. The first-order valence-electron chi connectivity index (χ1n) is 6.29. The zero-order valence-corrected chi connectivity index (χ0v) is 11.8. The molecule has 3 rings (SSSR count). The molecule has 0 saturated heterocycles. The number of hydrogen-bond acceptors (Lipinski definition) is 2. The number of rotatable bonds is 3. The van der Waals surface area contributed by atoms with Gasteiger partial charge < -0.3 is 0 Å². The van der Waals surface area contributed by atoms with E-state index in [0.717, 1.165) is 26.1 Å². The van der Waals surface area contributed by atoms with Gasteiger partial charge in [-0.05, 0) is 29.0 Å². The van der Waals surface area contributed by atoms with Crippen molar-refractivity contribution in [1.82, 2.24) is 4.90 Å². The molecule has 2 aromatic rings. The van der Waals surface area contributed by atoms with Gasteiger partial charge in [-0.25, -0.2) is 0 Å². The van der Waals surface area contributed by atoms with Crippen molar-refractivity contribution in [1.29, 1.82) is 0 Å². The SMILES string of the molecule is ClC(CN1CCc2ccccc2C1)c1cccs1. The van der Waals surface area contributed by atoms with E-state index in [4.69, 9.17) is 11.6 Å². The molecule has 1 unspecified atom stereocenters. The monoisotopic (exact) mass is 277 g/mol. The van der Waals surface area contributed by atoms with Crippen LogP contribution in [0.5, 0.6) is 0 Å². The second-order valence-corrected chi connectivity index (χ2v) is 6.24. The van der Waals surface area contributed by atoms with Crippen LogP contribution >= 0.6 is 22.9 Å². The molecule has 1 aromatic heterocycles. The summed E-state index contributed by atoms with van der Waals surface area (Å²) in [5.74, 6) is 0. The lowest BCUT2D eigenvalue weighted by Gasteiger charge is -2.29. The van der Waals surface area contributed by atoms with Crippen molar-refractivity contribution in [2.24, 2.45) is 0 Å². The third-order valence-corrected chi connectivity index (χ3v) is 4.97. The van der Waals surface area contributed by atoms with Gasteiger partial charge in [0, 0.05) is 24.5 Å². The molecule has 0 radical (unpaired) electrons. The molecule has 0 fully saturated rings. The van der Waals surface area contributed by atoms with Crippen LogP contribution in [-0.4, -0.2) is 18.0 Å². The molecule has 94 valence electrons. The van der Waals surface area contributed by atoms with E-state index in [1.165, 1.54) is 16.0 Å². The number of hydrogen-bond donors (Lipinski definition) is 0. The minimum atomic E-state index is 0.121. The highest BCUT2D eigenvalue weighted by molar-refractivity contribution is 7.10. The maximum atomic E-state index is 6.48. The third kappa shape index (κ3) is 2.61. The van der Waals surface area contributed by atoms with Gasteiger partial charge in [0.1, 0.15) is 0 Å². The Hall–Kier alpha value is -0.830. The summed E-state index contributed by atoms with van der Waals surface area (Å²) in [6, 6.07) is 12.9. The highest BCUT2D eigenvalue weighted by Gasteiger charge is 2.19. The topological polar surface area (TPSA) is 3.24 Å². The predicted molar refractivity (Wildman–Crippen MR) is 78.3 cm³/mol. The lowest BCUT2D eigenvalue weighted by atomic mass is 10.00. The van der Waals surface area contributed by atoms with Crippen molar-refractivity contribution in [2.45, 2.75) is 18.3 Å². The van der Waals surface area contributed by atoms with Gasteiger partial charge in [0.05, 0.1) is 5.38 Å². The first kappa shape index (κ1) is 12.2. The summed E-state index contributed by atoms with van der Waals surface area (Å²) in [5, 5.41) is 2.21. The second-order valence-electron chi connectivity index (χ2n) is 4.74. The van der Waals surface area contributed by atoms with Crippen LogP contribution in [0.3, 0.4) is 0 Å². The molecule has 0 spiro atoms. The summed E-state index contributed by atoms with van der Waals surface area (Å²) in [6.45, 7) is 3.09. The normalized spacial score (nSPS) is 17.4. The summed E-state index contributed by atoms with van der Waals surface area (Å²) in [7, 11) is 0. The van der Waals surface area contributed by atoms with Gasteiger partial charge in [0.2, 0.25) is 0 Å². The van der Waals surface area contributed by atoms with Crippen molar-refractivity contribution in [3.8, 4) is 0 Å². The summed E-state index contributed by atoms with van der Waals surface area (Å²) in [4.78, 5) is 3.73. The largest absolute Gasteiger partial charge is 0.297 e. The average Bonchev–Trinajstić information content (AvgIpc) is 2.92. The molecule has 2 heterocycles. The molecule has 0 saturated carbocycles. The Labute approximate surface area is 117 Å². The van der Waals surface area contributed by atoms with Gasteiger partial charge in [0.25, 0.3) is 0 Å². The first-order chi connectivity index (χ1) is 8.83. The summed E-state index contributed by atoms with van der Waals surface area (Å²) >= 11 is 8.22. The van der Waals surface area contributed by atoms with Crippen LogP contribution in [0, 0.1) is 0 Å². The Morgan fingerprint density at radius 2 is 2.00 bits per heavy atom. The number of nitrogens with zero attached hydrogens (tertiary/aromatic N) is 1. The van der Waals surface area contributed by atoms with Crippen LogP contribution in [-0.2, 0) is 13.0 Å². The lowest BCUT2D eigenvalue weighted by Crippen LogP contribution is -2.32. The molecule has 1 nitrogen and oxygen atoms in total. The molecular weight excluding hydrogens is 262 g/mol. The maximum Gasteiger partial charge on any atom is 0.0805 e. The van der Waals surface area contributed by atoms with Crippen molar-refractivity contribution >= 4 is 22.9 Å². The van der Waals surface area contributed by atoms with Gasteiger partial charge in [0.15, 0.2) is 0 Å². The van der Waals surface area contributed by atoms with Crippen LogP contribution < -0.4 is 0 Å². The van der Waals surface area contributed by atoms with E-state index >= 15 is 0 Å². The van der Waals surface area contributed by atoms with E-state index in [1.54, 1.807) is 11.3 Å². The van der Waals surface area contributed by atoms with Gasteiger partial charge in [-0.1, -0.05) is 30.3 Å². The van der Waals surface area contributed by atoms with Crippen molar-refractivity contribution in [3.63, 3.8) is 0 Å². The number of halogens is 1. The number of benzene rings is 1. The van der Waals surface area contributed by atoms with Gasteiger partial charge >= 0.3 is 0 Å². The highest BCUT2D eigenvalue weighted by atomic mass is 35.5.